The molecular weight excluding hydrogens is 460 g/mol. The Morgan fingerprint density at radius 2 is 1.81 bits per heavy atom. The van der Waals surface area contributed by atoms with Crippen LogP contribution in [-0.2, 0) is 26.1 Å². The molecule has 0 bridgehead atoms. The number of halogens is 1. The zero-order chi connectivity index (χ0) is 23.3. The van der Waals surface area contributed by atoms with Crippen LogP contribution >= 0.6 is 11.6 Å². The minimum atomic E-state index is -4.03. The molecule has 2 heterocycles. The molecule has 0 amide bonds. The van der Waals surface area contributed by atoms with E-state index in [0.717, 1.165) is 0 Å². The van der Waals surface area contributed by atoms with E-state index < -0.39 is 21.4 Å². The summed E-state index contributed by atoms with van der Waals surface area (Å²) in [5.41, 5.74) is 0.543. The predicted molar refractivity (Wildman–Crippen MR) is 117 cm³/mol. The first-order valence-corrected chi connectivity index (χ1v) is 11.3. The molecule has 0 aliphatic carbocycles. The van der Waals surface area contributed by atoms with Gasteiger partial charge in [-0.05, 0) is 19.1 Å². The average Bonchev–Trinajstić information content (AvgIpc) is 3.16. The van der Waals surface area contributed by atoms with Gasteiger partial charge in [-0.15, -0.1) is 10.2 Å². The molecule has 0 saturated carbocycles. The molecule has 0 radical (unpaired) electrons. The first-order valence-electron chi connectivity index (χ1n) is 9.40. The molecule has 172 valence electrons. The average molecular weight is 483 g/mol. The Bertz CT molecular complexity index is 1160. The van der Waals surface area contributed by atoms with Crippen molar-refractivity contribution >= 4 is 27.6 Å². The number of nitrogens with zero attached hydrogens (tertiary/aromatic N) is 5. The quantitative estimate of drug-likeness (QED) is 0.462. The van der Waals surface area contributed by atoms with Crippen molar-refractivity contribution in [2.45, 2.75) is 24.9 Å². The fourth-order valence-corrected chi connectivity index (χ4v) is 4.26. The Balaban J connectivity index is 1.99. The summed E-state index contributed by atoms with van der Waals surface area (Å²) in [6, 6.07) is 7.08. The number of methoxy groups -OCH3 is 3. The third-order valence-corrected chi connectivity index (χ3v) is 6.52. The highest BCUT2D eigenvalue weighted by Gasteiger charge is 2.34. The van der Waals surface area contributed by atoms with E-state index in [4.69, 9.17) is 25.8 Å². The summed E-state index contributed by atoms with van der Waals surface area (Å²) in [6.45, 7) is 1.58. The molecule has 2 aromatic heterocycles. The first kappa shape index (κ1) is 23.9. The van der Waals surface area contributed by atoms with Gasteiger partial charge in [0.05, 0.1) is 17.8 Å². The van der Waals surface area contributed by atoms with Crippen LogP contribution in [0.25, 0.3) is 5.69 Å². The largest absolute Gasteiger partial charge is 0.495 e. The van der Waals surface area contributed by atoms with Crippen molar-refractivity contribution in [2.24, 2.45) is 0 Å². The van der Waals surface area contributed by atoms with Crippen LogP contribution in [0.3, 0.4) is 0 Å². The van der Waals surface area contributed by atoms with Gasteiger partial charge >= 0.3 is 0 Å². The molecule has 0 unspecified atom stereocenters. The number of para-hydroxylation sites is 2. The van der Waals surface area contributed by atoms with E-state index in [1.165, 1.54) is 45.2 Å². The number of rotatable bonds is 10. The van der Waals surface area contributed by atoms with Crippen LogP contribution in [0.2, 0.25) is 5.02 Å². The number of hydrogen-bond acceptors (Lipinski definition) is 9. The summed E-state index contributed by atoms with van der Waals surface area (Å²) in [4.78, 5) is 8.16. The van der Waals surface area contributed by atoms with Crippen LogP contribution in [-0.4, -0.2) is 59.7 Å². The van der Waals surface area contributed by atoms with Gasteiger partial charge in [-0.2, -0.15) is 0 Å². The minimum absolute atomic E-state index is 0.0275. The smallest absolute Gasteiger partial charge is 0.243 e. The Morgan fingerprint density at radius 1 is 1.12 bits per heavy atom. The number of nitrogens with one attached hydrogen (secondary N) is 1. The topological polar surface area (TPSA) is 130 Å². The van der Waals surface area contributed by atoms with Crippen molar-refractivity contribution in [1.82, 2.24) is 24.7 Å². The van der Waals surface area contributed by atoms with Gasteiger partial charge in [-0.3, -0.25) is 9.29 Å². The van der Waals surface area contributed by atoms with Gasteiger partial charge in [0, 0.05) is 26.6 Å². The molecule has 3 aromatic rings. The number of benzene rings is 1. The molecule has 3 rings (SSSR count). The summed E-state index contributed by atoms with van der Waals surface area (Å²) >= 11 is 5.83. The lowest BCUT2D eigenvalue weighted by Crippen LogP contribution is -2.33. The van der Waals surface area contributed by atoms with Crippen LogP contribution in [0.1, 0.15) is 24.7 Å². The van der Waals surface area contributed by atoms with E-state index in [0.29, 0.717) is 22.3 Å². The monoisotopic (exact) mass is 482 g/mol. The molecule has 1 aromatic carbocycles. The Labute approximate surface area is 190 Å². The molecular formula is C19H23ClN6O5S. The second kappa shape index (κ2) is 10.2. The van der Waals surface area contributed by atoms with Crippen molar-refractivity contribution < 1.29 is 22.6 Å². The molecule has 1 N–H and O–H groups in total. The molecule has 11 nitrogen and oxygen atoms in total. The van der Waals surface area contributed by atoms with Crippen LogP contribution in [0, 0.1) is 0 Å². The van der Waals surface area contributed by atoms with Gasteiger partial charge in [-0.1, -0.05) is 23.7 Å². The molecule has 0 fully saturated rings. The standard InChI is InChI=1S/C19H23ClN6O5S/c1-12(17(31-4)18-21-9-13(20)10-22-18)32(27,28)25-19-24-23-16(11-29-2)26(19)14-7-5-6-8-15(14)30-3/h5-10,12,17H,11H2,1-4H3,(H,24,25)/t12-,17-/m0/s1. The zero-order valence-electron chi connectivity index (χ0n) is 17.9. The Kier molecular flexibility index (Phi) is 7.61. The number of aromatic nitrogens is 5. The van der Waals surface area contributed by atoms with Gasteiger partial charge in [-0.25, -0.2) is 18.4 Å². The lowest BCUT2D eigenvalue weighted by atomic mass is 10.2. The second-order valence-electron chi connectivity index (χ2n) is 6.65. The van der Waals surface area contributed by atoms with E-state index in [9.17, 15) is 8.42 Å². The number of ether oxygens (including phenoxy) is 3. The third kappa shape index (κ3) is 4.99. The normalized spacial score (nSPS) is 13.5. The van der Waals surface area contributed by atoms with Crippen molar-refractivity contribution in [3.63, 3.8) is 0 Å². The number of sulfonamides is 1. The van der Waals surface area contributed by atoms with E-state index in [-0.39, 0.29) is 18.4 Å². The van der Waals surface area contributed by atoms with Crippen LogP contribution in [0.4, 0.5) is 5.95 Å². The lowest BCUT2D eigenvalue weighted by molar-refractivity contribution is 0.0950. The molecule has 32 heavy (non-hydrogen) atoms. The van der Waals surface area contributed by atoms with Crippen molar-refractivity contribution in [3.05, 3.63) is 53.3 Å². The molecule has 0 aliphatic rings. The maximum atomic E-state index is 13.2. The van der Waals surface area contributed by atoms with Gasteiger partial charge < -0.3 is 14.2 Å². The summed E-state index contributed by atoms with van der Waals surface area (Å²) < 4.78 is 46.5. The minimum Gasteiger partial charge on any atom is -0.495 e. The number of anilines is 1. The summed E-state index contributed by atoms with van der Waals surface area (Å²) in [5, 5.41) is 7.34. The van der Waals surface area contributed by atoms with E-state index in [2.05, 4.69) is 24.9 Å². The van der Waals surface area contributed by atoms with Crippen LogP contribution < -0.4 is 9.46 Å². The zero-order valence-corrected chi connectivity index (χ0v) is 19.5. The predicted octanol–water partition coefficient (Wildman–Crippen LogP) is 2.38. The number of hydrogen-bond donors (Lipinski definition) is 1. The maximum absolute atomic E-state index is 13.2. The van der Waals surface area contributed by atoms with Gasteiger partial charge in [0.2, 0.25) is 16.0 Å². The SMILES string of the molecule is COCc1nnc(NS(=O)(=O)[C@@H](C)[C@H](OC)c2ncc(Cl)cn2)n1-c1ccccc1OC. The van der Waals surface area contributed by atoms with Crippen molar-refractivity contribution in [2.75, 3.05) is 26.1 Å². The second-order valence-corrected chi connectivity index (χ2v) is 9.12. The molecule has 0 saturated heterocycles. The fraction of sp³-hybridized carbons (Fsp3) is 0.368. The first-order chi connectivity index (χ1) is 15.3. The van der Waals surface area contributed by atoms with E-state index in [1.54, 1.807) is 24.3 Å². The molecule has 13 heteroatoms. The van der Waals surface area contributed by atoms with Crippen LogP contribution in [0.15, 0.2) is 36.7 Å². The molecule has 0 aliphatic heterocycles. The lowest BCUT2D eigenvalue weighted by Gasteiger charge is -2.22. The molecule has 0 spiro atoms. The van der Waals surface area contributed by atoms with Crippen molar-refractivity contribution in [3.8, 4) is 11.4 Å². The highest BCUT2D eigenvalue weighted by molar-refractivity contribution is 7.93. The Hall–Kier alpha value is -2.80. The summed E-state index contributed by atoms with van der Waals surface area (Å²) in [6.07, 6.45) is 1.79. The highest BCUT2D eigenvalue weighted by atomic mass is 35.5. The maximum Gasteiger partial charge on any atom is 0.243 e. The highest BCUT2D eigenvalue weighted by Crippen LogP contribution is 2.29. The fourth-order valence-electron chi connectivity index (χ4n) is 3.03. The molecule has 2 atom stereocenters. The van der Waals surface area contributed by atoms with Crippen molar-refractivity contribution in [1.29, 1.82) is 0 Å². The van der Waals surface area contributed by atoms with Gasteiger partial charge in [0.25, 0.3) is 0 Å². The third-order valence-electron chi connectivity index (χ3n) is 4.63. The Morgan fingerprint density at radius 3 is 2.44 bits per heavy atom. The van der Waals surface area contributed by atoms with E-state index in [1.807, 2.05) is 0 Å². The van der Waals surface area contributed by atoms with Gasteiger partial charge in [0.1, 0.15) is 23.7 Å². The van der Waals surface area contributed by atoms with Gasteiger partial charge in [0.15, 0.2) is 11.6 Å². The summed E-state index contributed by atoms with van der Waals surface area (Å²) in [5.74, 6) is 1.04. The summed E-state index contributed by atoms with van der Waals surface area (Å²) in [7, 11) is 0.367. The van der Waals surface area contributed by atoms with E-state index >= 15 is 0 Å². The van der Waals surface area contributed by atoms with Crippen LogP contribution in [0.5, 0.6) is 5.75 Å².